The van der Waals surface area contributed by atoms with Crippen molar-refractivity contribution in [3.8, 4) is 0 Å². The Morgan fingerprint density at radius 2 is 1.82 bits per heavy atom. The molecule has 5 nitrogen and oxygen atoms in total. The first-order chi connectivity index (χ1) is 7.70. The number of hydrogen-bond donors (Lipinski definition) is 2. The standard InChI is InChI=1S/C11H14NO4P/c1-7(13)12-9-4-8(11(14)15)5-10(6-9)17(2,3)16/h4-6H,1-3H3,(H,12,13)(H,14,15). The summed E-state index contributed by atoms with van der Waals surface area (Å²) < 4.78 is 11.9. The zero-order valence-corrected chi connectivity index (χ0v) is 10.7. The zero-order valence-electron chi connectivity index (χ0n) is 9.85. The molecule has 0 aliphatic rings. The number of carboxylic acids is 1. The van der Waals surface area contributed by atoms with Crippen molar-refractivity contribution >= 4 is 30.0 Å². The summed E-state index contributed by atoms with van der Waals surface area (Å²) in [6.07, 6.45) is 0. The highest BCUT2D eigenvalue weighted by Gasteiger charge is 2.16. The van der Waals surface area contributed by atoms with Crippen molar-refractivity contribution < 1.29 is 19.3 Å². The molecule has 17 heavy (non-hydrogen) atoms. The van der Waals surface area contributed by atoms with Gasteiger partial charge in [-0.2, -0.15) is 0 Å². The fourth-order valence-electron chi connectivity index (χ4n) is 1.32. The minimum atomic E-state index is -2.57. The normalized spacial score (nSPS) is 11.0. The van der Waals surface area contributed by atoms with E-state index < -0.39 is 13.1 Å². The summed E-state index contributed by atoms with van der Waals surface area (Å²) in [5.74, 6) is -1.42. The average Bonchev–Trinajstić information content (AvgIpc) is 2.14. The molecule has 0 bridgehead atoms. The number of aromatic carboxylic acids is 1. The maximum Gasteiger partial charge on any atom is 0.335 e. The van der Waals surface area contributed by atoms with Crippen LogP contribution in [0.1, 0.15) is 17.3 Å². The molecule has 0 spiro atoms. The van der Waals surface area contributed by atoms with E-state index in [0.29, 0.717) is 11.0 Å². The minimum Gasteiger partial charge on any atom is -0.478 e. The second-order valence-electron chi connectivity index (χ2n) is 4.11. The highest BCUT2D eigenvalue weighted by Crippen LogP contribution is 2.35. The predicted octanol–water partition coefficient (Wildman–Crippen LogP) is 1.59. The third-order valence-corrected chi connectivity index (χ3v) is 3.61. The molecule has 0 fully saturated rings. The van der Waals surface area contributed by atoms with Crippen molar-refractivity contribution in [1.29, 1.82) is 0 Å². The van der Waals surface area contributed by atoms with E-state index in [1.54, 1.807) is 13.3 Å². The van der Waals surface area contributed by atoms with E-state index in [1.807, 2.05) is 0 Å². The van der Waals surface area contributed by atoms with Gasteiger partial charge in [0.2, 0.25) is 5.91 Å². The summed E-state index contributed by atoms with van der Waals surface area (Å²) in [7, 11) is -2.57. The Morgan fingerprint density at radius 1 is 1.24 bits per heavy atom. The van der Waals surface area contributed by atoms with Gasteiger partial charge in [0.25, 0.3) is 0 Å². The SMILES string of the molecule is CC(=O)Nc1cc(C(=O)O)cc(P(C)(C)=O)c1. The molecule has 2 N–H and O–H groups in total. The number of carbonyl (C=O) groups excluding carboxylic acids is 1. The molecule has 1 rings (SSSR count). The summed E-state index contributed by atoms with van der Waals surface area (Å²) in [6, 6.07) is 4.24. The van der Waals surface area contributed by atoms with Crippen molar-refractivity contribution in [1.82, 2.24) is 0 Å². The number of benzene rings is 1. The van der Waals surface area contributed by atoms with Gasteiger partial charge < -0.3 is 15.0 Å². The van der Waals surface area contributed by atoms with Crippen LogP contribution in [0.25, 0.3) is 0 Å². The summed E-state index contributed by atoms with van der Waals surface area (Å²) in [4.78, 5) is 21.8. The van der Waals surface area contributed by atoms with Crippen LogP contribution in [0.3, 0.4) is 0 Å². The van der Waals surface area contributed by atoms with Gasteiger partial charge in [0.15, 0.2) is 0 Å². The van der Waals surface area contributed by atoms with Crippen LogP contribution in [-0.4, -0.2) is 30.3 Å². The first-order valence-corrected chi connectivity index (χ1v) is 7.52. The van der Waals surface area contributed by atoms with Gasteiger partial charge in [0.05, 0.1) is 5.56 Å². The smallest absolute Gasteiger partial charge is 0.335 e. The van der Waals surface area contributed by atoms with E-state index in [2.05, 4.69) is 5.32 Å². The van der Waals surface area contributed by atoms with E-state index in [-0.39, 0.29) is 11.5 Å². The number of anilines is 1. The lowest BCUT2D eigenvalue weighted by Gasteiger charge is -2.11. The second kappa shape index (κ2) is 4.72. The van der Waals surface area contributed by atoms with Gasteiger partial charge in [-0.25, -0.2) is 4.79 Å². The Kier molecular flexibility index (Phi) is 3.73. The van der Waals surface area contributed by atoms with Gasteiger partial charge in [0.1, 0.15) is 7.14 Å². The van der Waals surface area contributed by atoms with Crippen LogP contribution in [-0.2, 0) is 9.36 Å². The topological polar surface area (TPSA) is 83.5 Å². The Bertz CT molecular complexity index is 518. The van der Waals surface area contributed by atoms with Crippen LogP contribution in [0.5, 0.6) is 0 Å². The fraction of sp³-hybridized carbons (Fsp3) is 0.273. The number of carboxylic acid groups (broad SMARTS) is 1. The number of amides is 1. The molecule has 0 saturated carbocycles. The molecule has 1 aromatic carbocycles. The van der Waals surface area contributed by atoms with Gasteiger partial charge >= 0.3 is 5.97 Å². The fourth-order valence-corrected chi connectivity index (χ4v) is 2.22. The van der Waals surface area contributed by atoms with E-state index in [1.165, 1.54) is 25.1 Å². The number of nitrogens with one attached hydrogen (secondary N) is 1. The van der Waals surface area contributed by atoms with Gasteiger partial charge in [-0.15, -0.1) is 0 Å². The third kappa shape index (κ3) is 3.71. The van der Waals surface area contributed by atoms with E-state index in [4.69, 9.17) is 5.11 Å². The lowest BCUT2D eigenvalue weighted by atomic mass is 10.2. The average molecular weight is 255 g/mol. The third-order valence-electron chi connectivity index (χ3n) is 2.11. The molecule has 0 unspecified atom stereocenters. The van der Waals surface area contributed by atoms with Crippen molar-refractivity contribution in [3.63, 3.8) is 0 Å². The molecular weight excluding hydrogens is 241 g/mol. The highest BCUT2D eigenvalue weighted by atomic mass is 31.2. The van der Waals surface area contributed by atoms with Crippen molar-refractivity contribution in [2.24, 2.45) is 0 Å². The van der Waals surface area contributed by atoms with Crippen molar-refractivity contribution in [2.45, 2.75) is 6.92 Å². The molecule has 0 aliphatic carbocycles. The number of carbonyl (C=O) groups is 2. The molecule has 0 saturated heterocycles. The summed E-state index contributed by atoms with van der Waals surface area (Å²) in [5, 5.41) is 11.9. The Morgan fingerprint density at radius 3 is 2.24 bits per heavy atom. The highest BCUT2D eigenvalue weighted by molar-refractivity contribution is 7.70. The van der Waals surface area contributed by atoms with Crippen LogP contribution in [0.2, 0.25) is 0 Å². The Balaban J connectivity index is 3.33. The lowest BCUT2D eigenvalue weighted by Crippen LogP contribution is -2.13. The number of hydrogen-bond acceptors (Lipinski definition) is 3. The summed E-state index contributed by atoms with van der Waals surface area (Å²) in [5.41, 5.74) is 0.353. The first-order valence-electron chi connectivity index (χ1n) is 4.91. The van der Waals surface area contributed by atoms with Gasteiger partial charge in [-0.3, -0.25) is 4.79 Å². The lowest BCUT2D eigenvalue weighted by molar-refractivity contribution is -0.114. The molecule has 1 aromatic rings. The van der Waals surface area contributed by atoms with Gasteiger partial charge in [-0.05, 0) is 31.5 Å². The van der Waals surface area contributed by atoms with Crippen LogP contribution in [0, 0.1) is 0 Å². The largest absolute Gasteiger partial charge is 0.478 e. The molecule has 0 aliphatic heterocycles. The molecule has 1 amide bonds. The molecule has 0 aromatic heterocycles. The monoisotopic (exact) mass is 255 g/mol. The van der Waals surface area contributed by atoms with Gasteiger partial charge in [-0.1, -0.05) is 0 Å². The van der Waals surface area contributed by atoms with Crippen LogP contribution in [0.15, 0.2) is 18.2 Å². The van der Waals surface area contributed by atoms with Crippen molar-refractivity contribution in [2.75, 3.05) is 18.6 Å². The second-order valence-corrected chi connectivity index (χ2v) is 7.32. The van der Waals surface area contributed by atoms with Crippen molar-refractivity contribution in [3.05, 3.63) is 23.8 Å². The Hall–Kier alpha value is -1.61. The molecule has 0 heterocycles. The maximum absolute atomic E-state index is 11.9. The number of rotatable bonds is 3. The molecular formula is C11H14NO4P. The molecule has 6 heteroatoms. The predicted molar refractivity (Wildman–Crippen MR) is 66.8 cm³/mol. The quantitative estimate of drug-likeness (QED) is 0.803. The molecule has 0 radical (unpaired) electrons. The van der Waals surface area contributed by atoms with Gasteiger partial charge in [0, 0.05) is 17.9 Å². The summed E-state index contributed by atoms with van der Waals surface area (Å²) >= 11 is 0. The van der Waals surface area contributed by atoms with Crippen LogP contribution in [0.4, 0.5) is 5.69 Å². The van der Waals surface area contributed by atoms with Crippen LogP contribution >= 0.6 is 7.14 Å². The minimum absolute atomic E-state index is 0.00942. The van der Waals surface area contributed by atoms with Crippen LogP contribution < -0.4 is 10.6 Å². The molecule has 92 valence electrons. The van der Waals surface area contributed by atoms with E-state index >= 15 is 0 Å². The zero-order chi connectivity index (χ0) is 13.2. The first kappa shape index (κ1) is 13.5. The summed E-state index contributed by atoms with van der Waals surface area (Å²) in [6.45, 7) is 4.42. The van der Waals surface area contributed by atoms with E-state index in [9.17, 15) is 14.2 Å². The Labute approximate surface area is 99.2 Å². The maximum atomic E-state index is 11.9. The molecule has 0 atom stereocenters. The van der Waals surface area contributed by atoms with E-state index in [0.717, 1.165) is 0 Å².